The maximum atomic E-state index is 12.8. The van der Waals surface area contributed by atoms with Crippen molar-refractivity contribution >= 4 is 23.4 Å². The topological polar surface area (TPSA) is 41.6 Å². The average molecular weight is 306 g/mol. The molecule has 2 aliphatic heterocycles. The number of para-hydroxylation sites is 2. The van der Waals surface area contributed by atoms with E-state index in [1.807, 2.05) is 40.9 Å². The van der Waals surface area contributed by atoms with Gasteiger partial charge in [0.1, 0.15) is 5.75 Å². The number of hydrogen-bond acceptors (Lipinski definition) is 4. The van der Waals surface area contributed by atoms with Crippen molar-refractivity contribution in [3.05, 3.63) is 24.3 Å². The van der Waals surface area contributed by atoms with Crippen LogP contribution >= 0.6 is 11.8 Å². The molecule has 3 rings (SSSR count). The van der Waals surface area contributed by atoms with E-state index < -0.39 is 0 Å². The van der Waals surface area contributed by atoms with Crippen LogP contribution in [0.3, 0.4) is 0 Å². The van der Waals surface area contributed by atoms with Crippen LogP contribution in [-0.2, 0) is 4.79 Å². The molecule has 2 heterocycles. The smallest absolute Gasteiger partial charge is 0.244 e. The summed E-state index contributed by atoms with van der Waals surface area (Å²) in [4.78, 5) is 14.7. The van der Waals surface area contributed by atoms with E-state index in [-0.39, 0.29) is 11.9 Å². The number of piperidine rings is 1. The molecule has 114 valence electrons. The molecule has 2 aliphatic rings. The lowest BCUT2D eigenvalue weighted by Gasteiger charge is -2.34. The molecule has 0 aromatic heterocycles. The summed E-state index contributed by atoms with van der Waals surface area (Å²) < 4.78 is 5.40. The standard InChI is InChI=1S/C16H22N2O2S/c1-20-15-7-3-2-6-14(15)18-9-4-5-13(16(18)19)17-12-8-10-21-11-12/h2-3,6-7,12-13,17H,4-5,8-11H2,1H3. The molecule has 0 radical (unpaired) electrons. The monoisotopic (exact) mass is 306 g/mol. The molecule has 1 aromatic carbocycles. The molecular weight excluding hydrogens is 284 g/mol. The minimum absolute atomic E-state index is 0.0487. The second kappa shape index (κ2) is 6.71. The van der Waals surface area contributed by atoms with Crippen molar-refractivity contribution in [1.82, 2.24) is 5.32 Å². The molecule has 0 saturated carbocycles. The lowest BCUT2D eigenvalue weighted by atomic mass is 10.0. The van der Waals surface area contributed by atoms with Crippen LogP contribution in [0.15, 0.2) is 24.3 Å². The number of amides is 1. The number of benzene rings is 1. The maximum Gasteiger partial charge on any atom is 0.244 e. The van der Waals surface area contributed by atoms with Crippen molar-refractivity contribution in [2.24, 2.45) is 0 Å². The number of nitrogens with zero attached hydrogens (tertiary/aromatic N) is 1. The van der Waals surface area contributed by atoms with E-state index in [9.17, 15) is 4.79 Å². The van der Waals surface area contributed by atoms with Gasteiger partial charge >= 0.3 is 0 Å². The lowest BCUT2D eigenvalue weighted by molar-refractivity contribution is -0.122. The van der Waals surface area contributed by atoms with Crippen molar-refractivity contribution < 1.29 is 9.53 Å². The van der Waals surface area contributed by atoms with Crippen LogP contribution in [0, 0.1) is 0 Å². The van der Waals surface area contributed by atoms with Gasteiger partial charge in [-0.05, 0) is 37.1 Å². The first-order chi connectivity index (χ1) is 10.3. The van der Waals surface area contributed by atoms with Crippen LogP contribution in [0.5, 0.6) is 5.75 Å². The normalized spacial score (nSPS) is 26.1. The zero-order valence-electron chi connectivity index (χ0n) is 12.4. The van der Waals surface area contributed by atoms with E-state index in [0.717, 1.165) is 36.6 Å². The van der Waals surface area contributed by atoms with E-state index in [2.05, 4.69) is 5.32 Å². The van der Waals surface area contributed by atoms with E-state index in [1.165, 1.54) is 12.2 Å². The largest absolute Gasteiger partial charge is 0.495 e. The Bertz CT molecular complexity index is 503. The van der Waals surface area contributed by atoms with Crippen molar-refractivity contribution in [3.63, 3.8) is 0 Å². The first-order valence-electron chi connectivity index (χ1n) is 7.58. The van der Waals surface area contributed by atoms with Crippen molar-refractivity contribution in [3.8, 4) is 5.75 Å². The Kier molecular flexibility index (Phi) is 4.70. The van der Waals surface area contributed by atoms with Gasteiger partial charge in [0.25, 0.3) is 0 Å². The number of carbonyl (C=O) groups excluding carboxylic acids is 1. The highest BCUT2D eigenvalue weighted by molar-refractivity contribution is 7.99. The van der Waals surface area contributed by atoms with E-state index >= 15 is 0 Å². The van der Waals surface area contributed by atoms with Gasteiger partial charge in [-0.3, -0.25) is 4.79 Å². The summed E-state index contributed by atoms with van der Waals surface area (Å²) in [6.07, 6.45) is 3.13. The first-order valence-corrected chi connectivity index (χ1v) is 8.73. The molecule has 2 fully saturated rings. The van der Waals surface area contributed by atoms with E-state index in [1.54, 1.807) is 7.11 Å². The molecule has 2 atom stereocenters. The van der Waals surface area contributed by atoms with Gasteiger partial charge in [0.15, 0.2) is 0 Å². The van der Waals surface area contributed by atoms with Gasteiger partial charge in [0.2, 0.25) is 5.91 Å². The van der Waals surface area contributed by atoms with Crippen LogP contribution in [0.25, 0.3) is 0 Å². The summed E-state index contributed by atoms with van der Waals surface area (Å²) in [7, 11) is 1.65. The molecule has 0 spiro atoms. The molecule has 4 nitrogen and oxygen atoms in total. The van der Waals surface area contributed by atoms with Gasteiger partial charge in [-0.1, -0.05) is 12.1 Å². The lowest BCUT2D eigenvalue weighted by Crippen LogP contribution is -2.53. The highest BCUT2D eigenvalue weighted by Gasteiger charge is 2.32. The maximum absolute atomic E-state index is 12.8. The predicted octanol–water partition coefficient (Wildman–Crippen LogP) is 2.29. The van der Waals surface area contributed by atoms with E-state index in [0.29, 0.717) is 6.04 Å². The molecule has 1 amide bonds. The molecule has 0 bridgehead atoms. The minimum Gasteiger partial charge on any atom is -0.495 e. The highest BCUT2D eigenvalue weighted by Crippen LogP contribution is 2.31. The Balaban J connectivity index is 1.74. The van der Waals surface area contributed by atoms with Crippen LogP contribution in [0.1, 0.15) is 19.3 Å². The van der Waals surface area contributed by atoms with Gasteiger partial charge in [-0.25, -0.2) is 0 Å². The molecule has 2 unspecified atom stereocenters. The predicted molar refractivity (Wildman–Crippen MR) is 87.2 cm³/mol. The number of methoxy groups -OCH3 is 1. The third-order valence-electron chi connectivity index (χ3n) is 4.18. The Morgan fingerprint density at radius 1 is 1.33 bits per heavy atom. The fraction of sp³-hybridized carbons (Fsp3) is 0.562. The average Bonchev–Trinajstić information content (AvgIpc) is 3.02. The van der Waals surface area contributed by atoms with Gasteiger partial charge in [-0.2, -0.15) is 11.8 Å². The molecular formula is C16H22N2O2S. The molecule has 1 N–H and O–H groups in total. The van der Waals surface area contributed by atoms with Crippen LogP contribution in [0.2, 0.25) is 0 Å². The van der Waals surface area contributed by atoms with Gasteiger partial charge in [0.05, 0.1) is 18.8 Å². The summed E-state index contributed by atoms with van der Waals surface area (Å²) in [6.45, 7) is 0.775. The zero-order valence-corrected chi connectivity index (χ0v) is 13.2. The zero-order chi connectivity index (χ0) is 14.7. The van der Waals surface area contributed by atoms with Gasteiger partial charge < -0.3 is 15.0 Å². The first kappa shape index (κ1) is 14.7. The molecule has 2 saturated heterocycles. The summed E-state index contributed by atoms with van der Waals surface area (Å²) >= 11 is 1.97. The third kappa shape index (κ3) is 3.19. The summed E-state index contributed by atoms with van der Waals surface area (Å²) in [5.74, 6) is 3.28. The second-order valence-electron chi connectivity index (χ2n) is 5.58. The van der Waals surface area contributed by atoms with Crippen LogP contribution in [-0.4, -0.2) is 43.2 Å². The Morgan fingerprint density at radius 3 is 2.95 bits per heavy atom. The number of hydrogen-bond donors (Lipinski definition) is 1. The molecule has 21 heavy (non-hydrogen) atoms. The van der Waals surface area contributed by atoms with Crippen molar-refractivity contribution in [2.45, 2.75) is 31.3 Å². The van der Waals surface area contributed by atoms with Crippen molar-refractivity contribution in [2.75, 3.05) is 30.1 Å². The van der Waals surface area contributed by atoms with Gasteiger partial charge in [-0.15, -0.1) is 0 Å². The Hall–Kier alpha value is -1.20. The van der Waals surface area contributed by atoms with Crippen molar-refractivity contribution in [1.29, 1.82) is 0 Å². The molecule has 1 aromatic rings. The van der Waals surface area contributed by atoms with Crippen LogP contribution < -0.4 is 15.0 Å². The van der Waals surface area contributed by atoms with Crippen LogP contribution in [0.4, 0.5) is 5.69 Å². The minimum atomic E-state index is -0.0487. The number of anilines is 1. The number of carbonyl (C=O) groups is 1. The fourth-order valence-electron chi connectivity index (χ4n) is 3.07. The third-order valence-corrected chi connectivity index (χ3v) is 5.34. The number of ether oxygens (including phenoxy) is 1. The SMILES string of the molecule is COc1ccccc1N1CCCC(NC2CCSC2)C1=O. The number of nitrogens with one attached hydrogen (secondary N) is 1. The highest BCUT2D eigenvalue weighted by atomic mass is 32.2. The number of rotatable bonds is 4. The fourth-order valence-corrected chi connectivity index (χ4v) is 4.24. The summed E-state index contributed by atoms with van der Waals surface area (Å²) in [5, 5.41) is 3.55. The summed E-state index contributed by atoms with van der Waals surface area (Å²) in [5.41, 5.74) is 0.886. The Morgan fingerprint density at radius 2 is 2.19 bits per heavy atom. The summed E-state index contributed by atoms with van der Waals surface area (Å²) in [6, 6.07) is 8.20. The second-order valence-corrected chi connectivity index (χ2v) is 6.73. The molecule has 0 aliphatic carbocycles. The van der Waals surface area contributed by atoms with E-state index in [4.69, 9.17) is 4.74 Å². The van der Waals surface area contributed by atoms with Gasteiger partial charge in [0, 0.05) is 18.3 Å². The quantitative estimate of drug-likeness (QED) is 0.927. The Labute approximate surface area is 130 Å². The molecule has 5 heteroatoms. The number of thioether (sulfide) groups is 1.